The Hall–Kier alpha value is -2.66. The number of aliphatic hydroxyl groups is 1. The number of carbonyl (C=O) groups is 1. The fraction of sp³-hybridized carbons (Fsp3) is 0.250. The van der Waals surface area contributed by atoms with E-state index in [2.05, 4.69) is 10.3 Å². The molecule has 1 aromatic heterocycles. The lowest BCUT2D eigenvalue weighted by Gasteiger charge is -2.13. The number of carbonyl (C=O) groups excluding carboxylic acids is 1. The highest BCUT2D eigenvalue weighted by Gasteiger charge is 2.14. The number of fused-ring (bicyclic) bond motifs is 1. The molecule has 1 unspecified atom stereocenters. The monoisotopic (exact) mass is 340 g/mol. The number of H-pyrrole nitrogens is 1. The van der Waals surface area contributed by atoms with Crippen LogP contribution in [0.25, 0.3) is 10.9 Å². The van der Waals surface area contributed by atoms with Gasteiger partial charge in [0.2, 0.25) is 5.91 Å². The van der Waals surface area contributed by atoms with Crippen molar-refractivity contribution in [1.29, 1.82) is 0 Å². The topological polar surface area (TPSA) is 65.1 Å². The molecule has 0 fully saturated rings. The largest absolute Gasteiger partial charge is 0.386 e. The molecule has 0 saturated heterocycles. The number of aliphatic hydroxyl groups excluding tert-OH is 1. The summed E-state index contributed by atoms with van der Waals surface area (Å²) in [6, 6.07) is 12.1. The highest BCUT2D eigenvalue weighted by Crippen LogP contribution is 2.22. The van der Waals surface area contributed by atoms with Crippen LogP contribution < -0.4 is 5.32 Å². The number of para-hydroxylation sites is 1. The second-order valence-electron chi connectivity index (χ2n) is 6.15. The number of halogens is 1. The summed E-state index contributed by atoms with van der Waals surface area (Å²) >= 11 is 0. The quantitative estimate of drug-likeness (QED) is 0.644. The Morgan fingerprint density at radius 3 is 2.84 bits per heavy atom. The van der Waals surface area contributed by atoms with Gasteiger partial charge in [-0.1, -0.05) is 36.4 Å². The lowest BCUT2D eigenvalue weighted by atomic mass is 10.1. The van der Waals surface area contributed by atoms with E-state index >= 15 is 0 Å². The molecule has 0 aliphatic rings. The van der Waals surface area contributed by atoms with Gasteiger partial charge in [0.05, 0.1) is 6.10 Å². The van der Waals surface area contributed by atoms with E-state index in [0.717, 1.165) is 16.5 Å². The first-order valence-electron chi connectivity index (χ1n) is 8.31. The van der Waals surface area contributed by atoms with Crippen molar-refractivity contribution in [3.05, 3.63) is 71.2 Å². The van der Waals surface area contributed by atoms with Crippen molar-refractivity contribution in [2.24, 2.45) is 0 Å². The van der Waals surface area contributed by atoms with Crippen LogP contribution in [0, 0.1) is 12.7 Å². The first-order chi connectivity index (χ1) is 12.1. The summed E-state index contributed by atoms with van der Waals surface area (Å²) in [5.74, 6) is -0.643. The lowest BCUT2D eigenvalue weighted by molar-refractivity contribution is -0.121. The summed E-state index contributed by atoms with van der Waals surface area (Å²) in [7, 11) is 0. The summed E-state index contributed by atoms with van der Waals surface area (Å²) < 4.78 is 13.6. The Kier molecular flexibility index (Phi) is 5.14. The third-order valence-corrected chi connectivity index (χ3v) is 4.39. The van der Waals surface area contributed by atoms with E-state index in [1.54, 1.807) is 12.1 Å². The van der Waals surface area contributed by atoms with Crippen molar-refractivity contribution in [2.45, 2.75) is 25.9 Å². The van der Waals surface area contributed by atoms with E-state index in [4.69, 9.17) is 0 Å². The second-order valence-corrected chi connectivity index (χ2v) is 6.15. The maximum atomic E-state index is 13.6. The van der Waals surface area contributed by atoms with Crippen molar-refractivity contribution in [3.8, 4) is 0 Å². The van der Waals surface area contributed by atoms with Crippen molar-refractivity contribution < 1.29 is 14.3 Å². The minimum atomic E-state index is -1.05. The number of amides is 1. The zero-order chi connectivity index (χ0) is 17.8. The van der Waals surface area contributed by atoms with E-state index in [1.807, 2.05) is 31.3 Å². The van der Waals surface area contributed by atoms with Gasteiger partial charge in [0.1, 0.15) is 5.82 Å². The summed E-state index contributed by atoms with van der Waals surface area (Å²) in [5, 5.41) is 13.8. The molecule has 130 valence electrons. The third kappa shape index (κ3) is 3.88. The van der Waals surface area contributed by atoms with Gasteiger partial charge in [-0.2, -0.15) is 0 Å². The van der Waals surface area contributed by atoms with Gasteiger partial charge in [-0.25, -0.2) is 4.39 Å². The molecule has 0 saturated carbocycles. The van der Waals surface area contributed by atoms with Crippen LogP contribution in [0.4, 0.5) is 4.39 Å². The number of hydrogen-bond acceptors (Lipinski definition) is 2. The van der Waals surface area contributed by atoms with Crippen LogP contribution in [0.5, 0.6) is 0 Å². The minimum absolute atomic E-state index is 0.00718. The fourth-order valence-electron chi connectivity index (χ4n) is 2.97. The van der Waals surface area contributed by atoms with Gasteiger partial charge < -0.3 is 15.4 Å². The van der Waals surface area contributed by atoms with Gasteiger partial charge >= 0.3 is 0 Å². The van der Waals surface area contributed by atoms with E-state index in [1.165, 1.54) is 17.7 Å². The number of benzene rings is 2. The summed E-state index contributed by atoms with van der Waals surface area (Å²) in [6.45, 7) is 2.03. The van der Waals surface area contributed by atoms with Gasteiger partial charge in [-0.3, -0.25) is 4.79 Å². The van der Waals surface area contributed by atoms with Crippen molar-refractivity contribution >= 4 is 16.8 Å². The Balaban J connectivity index is 1.54. The molecule has 1 heterocycles. The Bertz CT molecular complexity index is 888. The summed E-state index contributed by atoms with van der Waals surface area (Å²) in [5.41, 5.74) is 3.53. The highest BCUT2D eigenvalue weighted by molar-refractivity contribution is 5.86. The van der Waals surface area contributed by atoms with Gasteiger partial charge in [0, 0.05) is 35.6 Å². The van der Waals surface area contributed by atoms with Crippen LogP contribution in [0.3, 0.4) is 0 Å². The van der Waals surface area contributed by atoms with Gasteiger partial charge in [0.25, 0.3) is 0 Å². The van der Waals surface area contributed by atoms with Gasteiger partial charge in [-0.15, -0.1) is 0 Å². The molecule has 1 atom stereocenters. The molecule has 0 bridgehead atoms. The Labute approximate surface area is 145 Å². The molecule has 0 spiro atoms. The average molecular weight is 340 g/mol. The zero-order valence-corrected chi connectivity index (χ0v) is 14.1. The minimum Gasteiger partial charge on any atom is -0.386 e. The number of rotatable bonds is 6. The standard InChI is InChI=1S/C20H21FN2O2/c1-13-5-4-7-15-14(11-23-20(13)15)9-10-19(25)22-12-18(24)16-6-2-3-8-17(16)21/h2-8,11,18,23-24H,9-10,12H2,1H3,(H,22,25). The van der Waals surface area contributed by atoms with E-state index in [-0.39, 0.29) is 18.0 Å². The van der Waals surface area contributed by atoms with Crippen LogP contribution in [-0.4, -0.2) is 22.5 Å². The predicted octanol–water partition coefficient (Wildman–Crippen LogP) is 3.40. The third-order valence-electron chi connectivity index (χ3n) is 4.39. The van der Waals surface area contributed by atoms with Crippen molar-refractivity contribution in [1.82, 2.24) is 10.3 Å². The van der Waals surface area contributed by atoms with Crippen LogP contribution in [-0.2, 0) is 11.2 Å². The molecular weight excluding hydrogens is 319 g/mol. The van der Waals surface area contributed by atoms with E-state index in [9.17, 15) is 14.3 Å². The highest BCUT2D eigenvalue weighted by atomic mass is 19.1. The molecular formula is C20H21FN2O2. The SMILES string of the molecule is Cc1cccc2c(CCC(=O)NCC(O)c3ccccc3F)c[nH]c12. The Morgan fingerprint density at radius 1 is 1.24 bits per heavy atom. The number of aromatic nitrogens is 1. The molecule has 3 N–H and O–H groups in total. The molecule has 25 heavy (non-hydrogen) atoms. The zero-order valence-electron chi connectivity index (χ0n) is 14.1. The van der Waals surface area contributed by atoms with E-state index in [0.29, 0.717) is 12.8 Å². The fourth-order valence-corrected chi connectivity index (χ4v) is 2.97. The van der Waals surface area contributed by atoms with Crippen molar-refractivity contribution in [3.63, 3.8) is 0 Å². The smallest absolute Gasteiger partial charge is 0.220 e. The van der Waals surface area contributed by atoms with Gasteiger partial charge in [-0.05, 0) is 30.5 Å². The molecule has 0 radical (unpaired) electrons. The summed E-state index contributed by atoms with van der Waals surface area (Å²) in [6.07, 6.45) is 1.79. The summed E-state index contributed by atoms with van der Waals surface area (Å²) in [4.78, 5) is 15.3. The van der Waals surface area contributed by atoms with Crippen LogP contribution in [0.1, 0.15) is 29.2 Å². The molecule has 1 amide bonds. The molecule has 5 heteroatoms. The number of aromatic amines is 1. The second kappa shape index (κ2) is 7.49. The maximum absolute atomic E-state index is 13.6. The number of aryl methyl sites for hydroxylation is 2. The maximum Gasteiger partial charge on any atom is 0.220 e. The van der Waals surface area contributed by atoms with Crippen LogP contribution in [0.2, 0.25) is 0 Å². The number of hydrogen-bond donors (Lipinski definition) is 3. The first-order valence-corrected chi connectivity index (χ1v) is 8.31. The Morgan fingerprint density at radius 2 is 2.04 bits per heavy atom. The van der Waals surface area contributed by atoms with Crippen LogP contribution >= 0.6 is 0 Å². The lowest BCUT2D eigenvalue weighted by Crippen LogP contribution is -2.28. The van der Waals surface area contributed by atoms with Gasteiger partial charge in [0.15, 0.2) is 0 Å². The average Bonchev–Trinajstić information content (AvgIpc) is 3.03. The molecule has 3 aromatic rings. The molecule has 0 aliphatic heterocycles. The molecule has 3 rings (SSSR count). The van der Waals surface area contributed by atoms with Crippen molar-refractivity contribution in [2.75, 3.05) is 6.54 Å². The molecule has 2 aromatic carbocycles. The molecule has 0 aliphatic carbocycles. The van der Waals surface area contributed by atoms with E-state index < -0.39 is 11.9 Å². The first kappa shape index (κ1) is 17.2. The number of nitrogens with one attached hydrogen (secondary N) is 2. The van der Waals surface area contributed by atoms with Crippen LogP contribution in [0.15, 0.2) is 48.7 Å². The normalized spacial score (nSPS) is 12.3. The molecule has 4 nitrogen and oxygen atoms in total. The predicted molar refractivity (Wildman–Crippen MR) is 95.7 cm³/mol.